The fourth-order valence-electron chi connectivity index (χ4n) is 4.25. The molecule has 166 valence electrons. The Morgan fingerprint density at radius 1 is 1.23 bits per heavy atom. The molecule has 3 rings (SSSR count). The van der Waals surface area contributed by atoms with Crippen LogP contribution in [0.3, 0.4) is 0 Å². The van der Waals surface area contributed by atoms with Crippen LogP contribution >= 0.6 is 23.2 Å². The average Bonchev–Trinajstić information content (AvgIpc) is 2.72. The molecule has 8 heteroatoms. The third-order valence-corrected chi connectivity index (χ3v) is 6.42. The van der Waals surface area contributed by atoms with Crippen LogP contribution in [0.4, 0.5) is 0 Å². The van der Waals surface area contributed by atoms with Gasteiger partial charge in [0.1, 0.15) is 5.92 Å². The zero-order valence-electron chi connectivity index (χ0n) is 17.9. The van der Waals surface area contributed by atoms with Crippen molar-refractivity contribution in [2.45, 2.75) is 39.5 Å². The van der Waals surface area contributed by atoms with E-state index < -0.39 is 23.8 Å². The maximum atomic E-state index is 13.6. The number of methoxy groups -OCH3 is 1. The Morgan fingerprint density at radius 3 is 2.55 bits per heavy atom. The Bertz CT molecular complexity index is 998. The lowest BCUT2D eigenvalue weighted by Gasteiger charge is -2.38. The Kier molecular flexibility index (Phi) is 7.12. The average molecular weight is 466 g/mol. The predicted octanol–water partition coefficient (Wildman–Crippen LogP) is 4.56. The second kappa shape index (κ2) is 9.45. The van der Waals surface area contributed by atoms with Crippen molar-refractivity contribution in [3.63, 3.8) is 0 Å². The first-order valence-electron chi connectivity index (χ1n) is 10.2. The van der Waals surface area contributed by atoms with Crippen molar-refractivity contribution in [3.8, 4) is 0 Å². The van der Waals surface area contributed by atoms with Gasteiger partial charge in [0.25, 0.3) is 0 Å². The summed E-state index contributed by atoms with van der Waals surface area (Å²) < 4.78 is 10.3. The Hall–Kier alpha value is -2.31. The van der Waals surface area contributed by atoms with Gasteiger partial charge in [-0.1, -0.05) is 43.1 Å². The predicted molar refractivity (Wildman–Crippen MR) is 118 cm³/mol. The van der Waals surface area contributed by atoms with Gasteiger partial charge in [0.05, 0.1) is 29.3 Å². The zero-order valence-corrected chi connectivity index (χ0v) is 19.4. The molecule has 0 spiro atoms. The number of allylic oxidation sites excluding steroid dienone is 3. The van der Waals surface area contributed by atoms with Crippen LogP contribution in [0.1, 0.15) is 45.1 Å². The number of ketones is 1. The van der Waals surface area contributed by atoms with Gasteiger partial charge in [-0.15, -0.1) is 0 Å². The smallest absolute Gasteiger partial charge is 0.336 e. The Labute approximate surface area is 191 Å². The van der Waals surface area contributed by atoms with Crippen LogP contribution in [-0.2, 0) is 23.9 Å². The molecule has 1 aromatic carbocycles. The highest BCUT2D eigenvalue weighted by atomic mass is 35.5. The normalized spacial score (nSPS) is 23.3. The zero-order chi connectivity index (χ0) is 22.9. The molecule has 0 amide bonds. The molecule has 1 aliphatic carbocycles. The fourth-order valence-corrected chi connectivity index (χ4v) is 4.56. The van der Waals surface area contributed by atoms with Crippen LogP contribution in [0.25, 0.3) is 0 Å². The molecule has 0 saturated carbocycles. The number of halogens is 2. The largest absolute Gasteiger partial charge is 0.468 e. The SMILES string of the molecule is CCCOC(=O)C1=C(C)NC2=C(C(=O)[C@@H](C(=O)OC)[C@H](C)C2)[C@H]1c1ccc(Cl)c(Cl)c1. The van der Waals surface area contributed by atoms with Crippen LogP contribution in [-0.4, -0.2) is 31.4 Å². The molecule has 0 saturated heterocycles. The molecule has 0 fully saturated rings. The van der Waals surface area contributed by atoms with E-state index in [1.165, 1.54) is 7.11 Å². The number of hydrogen-bond acceptors (Lipinski definition) is 6. The highest BCUT2D eigenvalue weighted by Gasteiger charge is 2.47. The van der Waals surface area contributed by atoms with Crippen molar-refractivity contribution in [1.29, 1.82) is 0 Å². The van der Waals surface area contributed by atoms with E-state index in [0.717, 1.165) is 0 Å². The lowest BCUT2D eigenvalue weighted by molar-refractivity contribution is -0.151. The number of Topliss-reactive ketones (excluding diaryl/α,β-unsaturated/α-hetero) is 1. The van der Waals surface area contributed by atoms with Crippen LogP contribution in [0.5, 0.6) is 0 Å². The van der Waals surface area contributed by atoms with E-state index >= 15 is 0 Å². The lowest BCUT2D eigenvalue weighted by atomic mass is 9.69. The molecule has 2 aliphatic rings. The minimum absolute atomic E-state index is 0.248. The minimum Gasteiger partial charge on any atom is -0.468 e. The summed E-state index contributed by atoms with van der Waals surface area (Å²) in [7, 11) is 1.26. The van der Waals surface area contributed by atoms with E-state index in [4.69, 9.17) is 32.7 Å². The van der Waals surface area contributed by atoms with Crippen LogP contribution in [0, 0.1) is 11.8 Å². The second-order valence-electron chi connectivity index (χ2n) is 7.84. The molecule has 1 aromatic rings. The summed E-state index contributed by atoms with van der Waals surface area (Å²) in [5, 5.41) is 3.88. The number of esters is 2. The summed E-state index contributed by atoms with van der Waals surface area (Å²) in [4.78, 5) is 39.0. The molecule has 1 heterocycles. The van der Waals surface area contributed by atoms with Crippen LogP contribution in [0.15, 0.2) is 40.7 Å². The molecular formula is C23H25Cl2NO5. The fraction of sp³-hybridized carbons (Fsp3) is 0.435. The molecule has 31 heavy (non-hydrogen) atoms. The summed E-state index contributed by atoms with van der Waals surface area (Å²) in [5.74, 6) is -3.39. The summed E-state index contributed by atoms with van der Waals surface area (Å²) in [5.41, 5.74) is 2.60. The van der Waals surface area contributed by atoms with Crippen molar-refractivity contribution >= 4 is 40.9 Å². The number of rotatable bonds is 5. The van der Waals surface area contributed by atoms with E-state index in [-0.39, 0.29) is 18.3 Å². The number of carbonyl (C=O) groups is 3. The molecule has 0 aromatic heterocycles. The van der Waals surface area contributed by atoms with E-state index in [9.17, 15) is 14.4 Å². The first-order valence-corrected chi connectivity index (χ1v) is 10.9. The molecule has 0 unspecified atom stereocenters. The van der Waals surface area contributed by atoms with E-state index in [2.05, 4.69) is 5.32 Å². The van der Waals surface area contributed by atoms with Gasteiger partial charge in [0.15, 0.2) is 5.78 Å². The minimum atomic E-state index is -0.942. The molecule has 3 atom stereocenters. The van der Waals surface area contributed by atoms with Gasteiger partial charge in [-0.2, -0.15) is 0 Å². The number of ether oxygens (including phenoxy) is 2. The van der Waals surface area contributed by atoms with Gasteiger partial charge in [0.2, 0.25) is 0 Å². The quantitative estimate of drug-likeness (QED) is 0.506. The molecule has 0 radical (unpaired) electrons. The number of nitrogens with one attached hydrogen (secondary N) is 1. The number of hydrogen-bond donors (Lipinski definition) is 1. The van der Waals surface area contributed by atoms with Crippen molar-refractivity contribution in [1.82, 2.24) is 5.32 Å². The van der Waals surface area contributed by atoms with Gasteiger partial charge < -0.3 is 14.8 Å². The van der Waals surface area contributed by atoms with E-state index in [0.29, 0.717) is 51.0 Å². The number of benzene rings is 1. The third kappa shape index (κ3) is 4.37. The standard InChI is InChI=1S/C23H25Cl2NO5/c1-5-8-31-23(29)18-12(3)26-16-9-11(2)17(22(28)30-4)21(27)20(16)19(18)13-6-7-14(24)15(25)10-13/h6-7,10-11,17,19,26H,5,8-9H2,1-4H3/t11-,17+,19+/m1/s1. The maximum Gasteiger partial charge on any atom is 0.336 e. The van der Waals surface area contributed by atoms with E-state index in [1.54, 1.807) is 25.1 Å². The molecule has 1 N–H and O–H groups in total. The highest BCUT2D eigenvalue weighted by molar-refractivity contribution is 6.42. The van der Waals surface area contributed by atoms with Gasteiger partial charge in [-0.05, 0) is 43.4 Å². The first kappa shape index (κ1) is 23.4. The first-order chi connectivity index (χ1) is 14.7. The second-order valence-corrected chi connectivity index (χ2v) is 8.66. The van der Waals surface area contributed by atoms with Gasteiger partial charge in [-0.25, -0.2) is 4.79 Å². The molecule has 6 nitrogen and oxygen atoms in total. The Morgan fingerprint density at radius 2 is 1.94 bits per heavy atom. The number of carbonyl (C=O) groups excluding carboxylic acids is 3. The van der Waals surface area contributed by atoms with Crippen LogP contribution < -0.4 is 5.32 Å². The molecular weight excluding hydrogens is 441 g/mol. The summed E-state index contributed by atoms with van der Waals surface area (Å²) in [6.45, 7) is 5.77. The summed E-state index contributed by atoms with van der Waals surface area (Å²) in [6, 6.07) is 5.00. The van der Waals surface area contributed by atoms with Gasteiger partial charge in [-0.3, -0.25) is 9.59 Å². The highest BCUT2D eigenvalue weighted by Crippen LogP contribution is 2.46. The summed E-state index contributed by atoms with van der Waals surface area (Å²) in [6.07, 6.45) is 1.13. The van der Waals surface area contributed by atoms with Crippen molar-refractivity contribution in [2.24, 2.45) is 11.8 Å². The topological polar surface area (TPSA) is 81.7 Å². The van der Waals surface area contributed by atoms with E-state index in [1.807, 2.05) is 13.8 Å². The maximum absolute atomic E-state index is 13.6. The monoisotopic (exact) mass is 465 g/mol. The lowest BCUT2D eigenvalue weighted by Crippen LogP contribution is -2.43. The Balaban J connectivity index is 2.18. The third-order valence-electron chi connectivity index (χ3n) is 5.68. The van der Waals surface area contributed by atoms with Crippen LogP contribution in [0.2, 0.25) is 10.0 Å². The summed E-state index contributed by atoms with van der Waals surface area (Å²) >= 11 is 12.4. The van der Waals surface area contributed by atoms with Gasteiger partial charge in [0, 0.05) is 22.9 Å². The molecule has 0 bridgehead atoms. The number of dihydropyridines is 1. The van der Waals surface area contributed by atoms with Crippen molar-refractivity contribution < 1.29 is 23.9 Å². The molecule has 1 aliphatic heterocycles. The van der Waals surface area contributed by atoms with Crippen molar-refractivity contribution in [2.75, 3.05) is 13.7 Å². The van der Waals surface area contributed by atoms with Crippen molar-refractivity contribution in [3.05, 3.63) is 56.3 Å². The van der Waals surface area contributed by atoms with Gasteiger partial charge >= 0.3 is 11.9 Å².